The van der Waals surface area contributed by atoms with E-state index in [4.69, 9.17) is 4.74 Å². The number of nitrogens with zero attached hydrogens (tertiary/aromatic N) is 5. The van der Waals surface area contributed by atoms with Gasteiger partial charge in [-0.1, -0.05) is 23.8 Å². The maximum absolute atomic E-state index is 12.7. The summed E-state index contributed by atoms with van der Waals surface area (Å²) < 4.78 is 9.37. The van der Waals surface area contributed by atoms with Crippen molar-refractivity contribution in [3.63, 3.8) is 0 Å². The Morgan fingerprint density at radius 2 is 1.86 bits per heavy atom. The number of aryl methyl sites for hydroxylation is 3. The number of ether oxygens (including phenoxy) is 1. The zero-order chi connectivity index (χ0) is 20.5. The fourth-order valence-electron chi connectivity index (χ4n) is 3.51. The van der Waals surface area contributed by atoms with E-state index >= 15 is 0 Å². The standard InChI is InChI=1S/C22H25N5O2/c1-15-6-5-7-17(12-15)29-11-10-25(3)14-20-23-24-22-26(4)21(28)18-13-16(2)8-9-19(18)27(20)22/h5-9,12-13H,10-11,14H2,1-4H3. The maximum atomic E-state index is 12.7. The second-order valence-electron chi connectivity index (χ2n) is 7.54. The largest absolute Gasteiger partial charge is 0.492 e. The number of aromatic nitrogens is 4. The average molecular weight is 391 g/mol. The van der Waals surface area contributed by atoms with Gasteiger partial charge in [0.25, 0.3) is 5.56 Å². The van der Waals surface area contributed by atoms with Crippen LogP contribution in [0.1, 0.15) is 17.0 Å². The van der Waals surface area contributed by atoms with Crippen LogP contribution in [0.2, 0.25) is 0 Å². The van der Waals surface area contributed by atoms with E-state index in [9.17, 15) is 4.79 Å². The van der Waals surface area contributed by atoms with Crippen LogP contribution in [0.25, 0.3) is 16.7 Å². The summed E-state index contributed by atoms with van der Waals surface area (Å²) in [6.07, 6.45) is 0. The molecule has 2 aromatic heterocycles. The molecule has 150 valence electrons. The number of benzene rings is 2. The van der Waals surface area contributed by atoms with Gasteiger partial charge in [-0.05, 0) is 50.7 Å². The monoisotopic (exact) mass is 391 g/mol. The molecule has 0 saturated carbocycles. The Morgan fingerprint density at radius 1 is 1.07 bits per heavy atom. The molecular weight excluding hydrogens is 366 g/mol. The van der Waals surface area contributed by atoms with Crippen LogP contribution < -0.4 is 10.3 Å². The lowest BCUT2D eigenvalue weighted by Gasteiger charge is -2.17. The lowest BCUT2D eigenvalue weighted by atomic mass is 10.1. The molecule has 0 aliphatic carbocycles. The number of hydrogen-bond donors (Lipinski definition) is 0. The van der Waals surface area contributed by atoms with Crippen LogP contribution >= 0.6 is 0 Å². The van der Waals surface area contributed by atoms with Crippen molar-refractivity contribution in [2.24, 2.45) is 7.05 Å². The second kappa shape index (κ2) is 7.67. The molecule has 7 heteroatoms. The van der Waals surface area contributed by atoms with Crippen LogP contribution in [0.5, 0.6) is 5.75 Å². The Hall–Kier alpha value is -3.19. The molecule has 0 N–H and O–H groups in total. The molecule has 0 spiro atoms. The van der Waals surface area contributed by atoms with Crippen LogP contribution in [0.3, 0.4) is 0 Å². The van der Waals surface area contributed by atoms with Gasteiger partial charge in [0.05, 0.1) is 17.4 Å². The molecule has 0 bridgehead atoms. The van der Waals surface area contributed by atoms with E-state index in [0.29, 0.717) is 24.3 Å². The van der Waals surface area contributed by atoms with Gasteiger partial charge in [-0.15, -0.1) is 10.2 Å². The molecule has 4 rings (SSSR count). The van der Waals surface area contributed by atoms with Gasteiger partial charge in [-0.2, -0.15) is 0 Å². The zero-order valence-corrected chi connectivity index (χ0v) is 17.2. The first kappa shape index (κ1) is 19.1. The fourth-order valence-corrected chi connectivity index (χ4v) is 3.51. The number of rotatable bonds is 6. The summed E-state index contributed by atoms with van der Waals surface area (Å²) in [6, 6.07) is 13.9. The normalized spacial score (nSPS) is 11.6. The van der Waals surface area contributed by atoms with Crippen molar-refractivity contribution in [1.82, 2.24) is 24.1 Å². The van der Waals surface area contributed by atoms with Crippen LogP contribution in [0.15, 0.2) is 47.3 Å². The van der Waals surface area contributed by atoms with Gasteiger partial charge in [0.2, 0.25) is 5.78 Å². The Kier molecular flexibility index (Phi) is 5.07. The third kappa shape index (κ3) is 3.73. The van der Waals surface area contributed by atoms with Gasteiger partial charge in [0.15, 0.2) is 5.82 Å². The van der Waals surface area contributed by atoms with E-state index in [1.165, 1.54) is 5.56 Å². The highest BCUT2D eigenvalue weighted by molar-refractivity contribution is 5.81. The third-order valence-electron chi connectivity index (χ3n) is 5.08. The number of hydrogen-bond acceptors (Lipinski definition) is 5. The highest BCUT2D eigenvalue weighted by Gasteiger charge is 2.16. The van der Waals surface area contributed by atoms with E-state index in [0.717, 1.165) is 29.2 Å². The summed E-state index contributed by atoms with van der Waals surface area (Å²) in [7, 11) is 3.76. The zero-order valence-electron chi connectivity index (χ0n) is 17.2. The van der Waals surface area contributed by atoms with Gasteiger partial charge < -0.3 is 4.74 Å². The summed E-state index contributed by atoms with van der Waals surface area (Å²) >= 11 is 0. The summed E-state index contributed by atoms with van der Waals surface area (Å²) in [5.74, 6) is 2.22. The summed E-state index contributed by atoms with van der Waals surface area (Å²) in [6.45, 7) is 5.95. The molecule has 0 aliphatic rings. The quantitative estimate of drug-likeness (QED) is 0.506. The molecular formula is C22H25N5O2. The summed E-state index contributed by atoms with van der Waals surface area (Å²) in [4.78, 5) is 14.8. The van der Waals surface area contributed by atoms with E-state index in [-0.39, 0.29) is 5.56 Å². The van der Waals surface area contributed by atoms with Gasteiger partial charge >= 0.3 is 0 Å². The average Bonchev–Trinajstić information content (AvgIpc) is 3.10. The first-order chi connectivity index (χ1) is 13.9. The number of fused-ring (bicyclic) bond motifs is 3. The highest BCUT2D eigenvalue weighted by Crippen LogP contribution is 2.17. The van der Waals surface area contributed by atoms with Crippen LogP contribution in [0.4, 0.5) is 0 Å². The van der Waals surface area contributed by atoms with Crippen molar-refractivity contribution in [2.45, 2.75) is 20.4 Å². The molecule has 0 unspecified atom stereocenters. The first-order valence-corrected chi connectivity index (χ1v) is 9.65. The molecule has 0 atom stereocenters. The second-order valence-corrected chi connectivity index (χ2v) is 7.54. The van der Waals surface area contributed by atoms with Crippen molar-refractivity contribution >= 4 is 16.7 Å². The van der Waals surface area contributed by atoms with Crippen LogP contribution in [-0.2, 0) is 13.6 Å². The van der Waals surface area contributed by atoms with Crippen LogP contribution in [-0.4, -0.2) is 44.3 Å². The van der Waals surface area contributed by atoms with Gasteiger partial charge in [-0.3, -0.25) is 18.7 Å². The van der Waals surface area contributed by atoms with Crippen molar-refractivity contribution in [3.05, 3.63) is 69.8 Å². The molecule has 7 nitrogen and oxygen atoms in total. The molecule has 2 heterocycles. The van der Waals surface area contributed by atoms with Gasteiger partial charge in [0, 0.05) is 13.6 Å². The predicted octanol–water partition coefficient (Wildman–Crippen LogP) is 2.71. The van der Waals surface area contributed by atoms with Crippen molar-refractivity contribution < 1.29 is 4.74 Å². The van der Waals surface area contributed by atoms with E-state index < -0.39 is 0 Å². The fraction of sp³-hybridized carbons (Fsp3) is 0.318. The van der Waals surface area contributed by atoms with Crippen molar-refractivity contribution in [3.8, 4) is 5.75 Å². The molecule has 0 radical (unpaired) electrons. The van der Waals surface area contributed by atoms with Crippen molar-refractivity contribution in [2.75, 3.05) is 20.2 Å². The first-order valence-electron chi connectivity index (χ1n) is 9.65. The maximum Gasteiger partial charge on any atom is 0.262 e. The minimum atomic E-state index is -0.0601. The highest BCUT2D eigenvalue weighted by atomic mass is 16.5. The molecule has 29 heavy (non-hydrogen) atoms. The minimum absolute atomic E-state index is 0.0601. The van der Waals surface area contributed by atoms with Crippen molar-refractivity contribution in [1.29, 1.82) is 0 Å². The summed E-state index contributed by atoms with van der Waals surface area (Å²) in [5.41, 5.74) is 3.00. The molecule has 0 amide bonds. The third-order valence-corrected chi connectivity index (χ3v) is 5.08. The van der Waals surface area contributed by atoms with E-state index in [2.05, 4.69) is 28.1 Å². The Bertz CT molecular complexity index is 1240. The molecule has 4 aromatic rings. The SMILES string of the molecule is Cc1cccc(OCCN(C)Cc2nnc3n(C)c(=O)c4cc(C)ccc4n23)c1. The van der Waals surface area contributed by atoms with Gasteiger partial charge in [0.1, 0.15) is 12.4 Å². The Balaban J connectivity index is 1.56. The smallest absolute Gasteiger partial charge is 0.262 e. The molecule has 2 aromatic carbocycles. The lowest BCUT2D eigenvalue weighted by molar-refractivity contribution is 0.229. The lowest BCUT2D eigenvalue weighted by Crippen LogP contribution is -2.26. The van der Waals surface area contributed by atoms with Gasteiger partial charge in [-0.25, -0.2) is 0 Å². The predicted molar refractivity (Wildman–Crippen MR) is 113 cm³/mol. The van der Waals surface area contributed by atoms with E-state index in [1.807, 2.05) is 54.8 Å². The Morgan fingerprint density at radius 3 is 2.66 bits per heavy atom. The van der Waals surface area contributed by atoms with E-state index in [1.54, 1.807) is 11.6 Å². The summed E-state index contributed by atoms with van der Waals surface area (Å²) in [5, 5.41) is 9.29. The molecule has 0 saturated heterocycles. The number of likely N-dealkylation sites (N-methyl/N-ethyl adjacent to an activating group) is 1. The topological polar surface area (TPSA) is 64.7 Å². The Labute approximate surface area is 169 Å². The molecule has 0 fully saturated rings. The minimum Gasteiger partial charge on any atom is -0.492 e. The molecule has 0 aliphatic heterocycles. The van der Waals surface area contributed by atoms with Crippen LogP contribution in [0, 0.1) is 13.8 Å².